The Morgan fingerprint density at radius 2 is 1.42 bits per heavy atom. The van der Waals surface area contributed by atoms with E-state index >= 15 is 0 Å². The molecule has 0 heterocycles. The minimum Gasteiger partial charge on any atom is -0.256 e. The first-order valence-electron chi connectivity index (χ1n) is 9.20. The van der Waals surface area contributed by atoms with Gasteiger partial charge in [0, 0.05) is 16.0 Å². The molecule has 0 bridgehead atoms. The van der Waals surface area contributed by atoms with Crippen LogP contribution in [0.5, 0.6) is 0 Å². The molecule has 26 heavy (non-hydrogen) atoms. The molecule has 0 aliphatic carbocycles. The SMILES string of the molecule is CCCCc1ccc(N=Cc2ccc(Sc3ccc(C)cc3)cc2)cc1. The van der Waals surface area contributed by atoms with Crippen LogP contribution in [0.25, 0.3) is 0 Å². The number of unbranched alkanes of at least 4 members (excludes halogenated alkanes) is 1. The summed E-state index contributed by atoms with van der Waals surface area (Å²) < 4.78 is 0. The van der Waals surface area contributed by atoms with Crippen LogP contribution in [-0.2, 0) is 6.42 Å². The predicted octanol–water partition coefficient (Wildman–Crippen LogP) is 7.24. The molecule has 0 aromatic heterocycles. The average Bonchev–Trinajstić information content (AvgIpc) is 2.68. The van der Waals surface area contributed by atoms with Crippen LogP contribution in [0.2, 0.25) is 0 Å². The highest BCUT2D eigenvalue weighted by atomic mass is 32.2. The Labute approximate surface area is 161 Å². The molecule has 0 fully saturated rings. The van der Waals surface area contributed by atoms with E-state index in [1.165, 1.54) is 33.8 Å². The van der Waals surface area contributed by atoms with Gasteiger partial charge in [0.25, 0.3) is 0 Å². The van der Waals surface area contributed by atoms with E-state index in [4.69, 9.17) is 0 Å². The zero-order valence-corrected chi connectivity index (χ0v) is 16.3. The van der Waals surface area contributed by atoms with Crippen molar-refractivity contribution in [3.05, 3.63) is 89.5 Å². The zero-order valence-electron chi connectivity index (χ0n) is 15.5. The lowest BCUT2D eigenvalue weighted by atomic mass is 10.1. The van der Waals surface area contributed by atoms with Crippen molar-refractivity contribution in [2.75, 3.05) is 0 Å². The number of hydrogen-bond donors (Lipinski definition) is 0. The molecule has 0 amide bonds. The number of rotatable bonds is 7. The summed E-state index contributed by atoms with van der Waals surface area (Å²) in [5, 5.41) is 0. The van der Waals surface area contributed by atoms with Gasteiger partial charge in [-0.25, -0.2) is 0 Å². The molecule has 3 rings (SSSR count). The van der Waals surface area contributed by atoms with Crippen molar-refractivity contribution in [1.82, 2.24) is 0 Å². The molecule has 0 saturated carbocycles. The minimum absolute atomic E-state index is 1.00. The third kappa shape index (κ3) is 5.60. The molecule has 0 atom stereocenters. The number of aliphatic imine (C=N–C) groups is 1. The first kappa shape index (κ1) is 18.5. The normalized spacial score (nSPS) is 11.2. The van der Waals surface area contributed by atoms with Gasteiger partial charge in [-0.15, -0.1) is 0 Å². The van der Waals surface area contributed by atoms with Crippen LogP contribution in [0.1, 0.15) is 36.5 Å². The van der Waals surface area contributed by atoms with Crippen LogP contribution in [0.4, 0.5) is 5.69 Å². The van der Waals surface area contributed by atoms with E-state index in [9.17, 15) is 0 Å². The van der Waals surface area contributed by atoms with Gasteiger partial charge in [0.2, 0.25) is 0 Å². The lowest BCUT2D eigenvalue weighted by molar-refractivity contribution is 0.795. The zero-order chi connectivity index (χ0) is 18.2. The molecule has 132 valence electrons. The minimum atomic E-state index is 1.00. The number of hydrogen-bond acceptors (Lipinski definition) is 2. The van der Waals surface area contributed by atoms with Gasteiger partial charge in [-0.05, 0) is 67.3 Å². The molecule has 0 radical (unpaired) electrons. The molecule has 0 aliphatic heterocycles. The van der Waals surface area contributed by atoms with Gasteiger partial charge in [0.1, 0.15) is 0 Å². The van der Waals surface area contributed by atoms with Crippen molar-refractivity contribution in [1.29, 1.82) is 0 Å². The van der Waals surface area contributed by atoms with Crippen molar-refractivity contribution < 1.29 is 0 Å². The van der Waals surface area contributed by atoms with Crippen molar-refractivity contribution in [2.24, 2.45) is 4.99 Å². The third-order valence-corrected chi connectivity index (χ3v) is 5.27. The summed E-state index contributed by atoms with van der Waals surface area (Å²) in [4.78, 5) is 7.10. The predicted molar refractivity (Wildman–Crippen MR) is 114 cm³/mol. The summed E-state index contributed by atoms with van der Waals surface area (Å²) >= 11 is 1.78. The van der Waals surface area contributed by atoms with E-state index < -0.39 is 0 Å². The van der Waals surface area contributed by atoms with E-state index in [0.29, 0.717) is 0 Å². The number of nitrogens with zero attached hydrogens (tertiary/aromatic N) is 1. The van der Waals surface area contributed by atoms with Gasteiger partial charge in [0.15, 0.2) is 0 Å². The van der Waals surface area contributed by atoms with Gasteiger partial charge in [-0.3, -0.25) is 4.99 Å². The third-order valence-electron chi connectivity index (χ3n) is 4.25. The maximum absolute atomic E-state index is 4.59. The molecule has 0 saturated heterocycles. The highest BCUT2D eigenvalue weighted by Gasteiger charge is 1.98. The quantitative estimate of drug-likeness (QED) is 0.405. The average molecular weight is 360 g/mol. The van der Waals surface area contributed by atoms with E-state index in [1.807, 2.05) is 6.21 Å². The fourth-order valence-electron chi connectivity index (χ4n) is 2.64. The van der Waals surface area contributed by atoms with E-state index in [-0.39, 0.29) is 0 Å². The molecule has 0 spiro atoms. The van der Waals surface area contributed by atoms with Crippen molar-refractivity contribution in [3.8, 4) is 0 Å². The van der Waals surface area contributed by atoms with E-state index in [1.54, 1.807) is 11.8 Å². The van der Waals surface area contributed by atoms with Crippen LogP contribution in [0.3, 0.4) is 0 Å². The largest absolute Gasteiger partial charge is 0.256 e. The van der Waals surface area contributed by atoms with Crippen molar-refractivity contribution in [3.63, 3.8) is 0 Å². The molecule has 2 heteroatoms. The van der Waals surface area contributed by atoms with Crippen LogP contribution in [0.15, 0.2) is 87.6 Å². The Morgan fingerprint density at radius 1 is 0.808 bits per heavy atom. The Balaban J connectivity index is 1.59. The molecule has 0 unspecified atom stereocenters. The van der Waals surface area contributed by atoms with Gasteiger partial charge < -0.3 is 0 Å². The fraction of sp³-hybridized carbons (Fsp3) is 0.208. The summed E-state index contributed by atoms with van der Waals surface area (Å²) in [6, 6.07) is 25.7. The van der Waals surface area contributed by atoms with Crippen LogP contribution in [0, 0.1) is 6.92 Å². The Morgan fingerprint density at radius 3 is 2.04 bits per heavy atom. The lowest BCUT2D eigenvalue weighted by Crippen LogP contribution is -1.84. The molecule has 3 aromatic rings. The fourth-order valence-corrected chi connectivity index (χ4v) is 3.46. The second-order valence-electron chi connectivity index (χ2n) is 6.51. The van der Waals surface area contributed by atoms with Crippen molar-refractivity contribution in [2.45, 2.75) is 42.9 Å². The Kier molecular flexibility index (Phi) is 6.68. The molecule has 3 aromatic carbocycles. The Hall–Kier alpha value is -2.32. The van der Waals surface area contributed by atoms with Crippen molar-refractivity contribution >= 4 is 23.7 Å². The highest BCUT2D eigenvalue weighted by Crippen LogP contribution is 2.27. The maximum atomic E-state index is 4.59. The standard InChI is InChI=1S/C24H25NS/c1-3-4-5-20-8-12-22(13-9-20)25-18-21-10-16-24(17-11-21)26-23-14-6-19(2)7-15-23/h6-18H,3-5H2,1-2H3. The van der Waals surface area contributed by atoms with Crippen LogP contribution < -0.4 is 0 Å². The molecule has 1 nitrogen and oxygen atoms in total. The Bertz CT molecular complexity index is 831. The topological polar surface area (TPSA) is 12.4 Å². The molecular formula is C24H25NS. The first-order valence-corrected chi connectivity index (χ1v) is 10.0. The van der Waals surface area contributed by atoms with Crippen LogP contribution >= 0.6 is 11.8 Å². The number of benzene rings is 3. The summed E-state index contributed by atoms with van der Waals surface area (Å²) in [7, 11) is 0. The van der Waals surface area contributed by atoms with Gasteiger partial charge >= 0.3 is 0 Å². The molecule has 0 aliphatic rings. The summed E-state index contributed by atoms with van der Waals surface area (Å²) in [5.74, 6) is 0. The number of aryl methyl sites for hydroxylation is 2. The van der Waals surface area contributed by atoms with Crippen LogP contribution in [-0.4, -0.2) is 6.21 Å². The molecule has 0 N–H and O–H groups in total. The van der Waals surface area contributed by atoms with Gasteiger partial charge in [-0.2, -0.15) is 0 Å². The van der Waals surface area contributed by atoms with Gasteiger partial charge in [0.05, 0.1) is 5.69 Å². The maximum Gasteiger partial charge on any atom is 0.0630 e. The molecular weight excluding hydrogens is 334 g/mol. The monoisotopic (exact) mass is 359 g/mol. The summed E-state index contributed by atoms with van der Waals surface area (Å²) in [5.41, 5.74) is 4.80. The van der Waals surface area contributed by atoms with Gasteiger partial charge in [-0.1, -0.05) is 67.1 Å². The first-order chi connectivity index (χ1) is 12.7. The van der Waals surface area contributed by atoms with E-state index in [0.717, 1.165) is 17.7 Å². The highest BCUT2D eigenvalue weighted by molar-refractivity contribution is 7.99. The second kappa shape index (κ2) is 9.40. The smallest absolute Gasteiger partial charge is 0.0630 e. The second-order valence-corrected chi connectivity index (χ2v) is 7.66. The van der Waals surface area contributed by atoms with E-state index in [2.05, 4.69) is 91.6 Å². The summed E-state index contributed by atoms with van der Waals surface area (Å²) in [6.45, 7) is 4.34. The lowest BCUT2D eigenvalue weighted by Gasteiger charge is -2.03. The summed E-state index contributed by atoms with van der Waals surface area (Å²) in [6.07, 6.45) is 5.57.